The minimum atomic E-state index is -4.04. The maximum absolute atomic E-state index is 12.8. The molecule has 13 heteroatoms. The van der Waals surface area contributed by atoms with Crippen molar-refractivity contribution in [1.29, 1.82) is 0 Å². The molecule has 1 atom stereocenters. The second-order valence-corrected chi connectivity index (χ2v) is 9.69. The standard InChI is InChI=1S/C23H27N7O5S/c31-21(16-7-8-19-17(13-16)14-28-29-19)27-15-20(30-36(33,34)18-5-2-1-3-6-18)22(32)35-12-4-9-24-23-25-10-11-26-23/h1-3,5-8,13-14,20,30H,4,9-12,15H2,(H,27,31)(H,28,29)(H2,24,25,26). The second-order valence-electron chi connectivity index (χ2n) is 7.97. The number of nitrogens with zero attached hydrogens (tertiary/aromatic N) is 2. The summed E-state index contributed by atoms with van der Waals surface area (Å²) in [6.07, 6.45) is 2.08. The van der Waals surface area contributed by atoms with Gasteiger partial charge in [-0.15, -0.1) is 0 Å². The molecule has 0 radical (unpaired) electrons. The van der Waals surface area contributed by atoms with Crippen LogP contribution in [0.15, 0.2) is 64.6 Å². The predicted octanol–water partition coefficient (Wildman–Crippen LogP) is 0.122. The Balaban J connectivity index is 1.37. The molecule has 1 aliphatic heterocycles. The fourth-order valence-corrected chi connectivity index (χ4v) is 4.68. The lowest BCUT2D eigenvalue weighted by Crippen LogP contribution is -2.49. The molecular formula is C23H27N7O5S. The van der Waals surface area contributed by atoms with Crippen molar-refractivity contribution < 1.29 is 22.7 Å². The zero-order valence-corrected chi connectivity index (χ0v) is 20.2. The number of H-pyrrole nitrogens is 1. The predicted molar refractivity (Wildman–Crippen MR) is 133 cm³/mol. The van der Waals surface area contributed by atoms with Crippen LogP contribution in [0.25, 0.3) is 10.9 Å². The number of benzene rings is 2. The third-order valence-electron chi connectivity index (χ3n) is 5.34. The zero-order chi connectivity index (χ0) is 25.4. The van der Waals surface area contributed by atoms with Crippen LogP contribution in [-0.4, -0.2) is 75.3 Å². The molecule has 0 fully saturated rings. The summed E-state index contributed by atoms with van der Waals surface area (Å²) in [5, 5.41) is 16.2. The van der Waals surface area contributed by atoms with Gasteiger partial charge in [0.2, 0.25) is 10.0 Å². The number of hydrogen-bond donors (Lipinski definition) is 5. The summed E-state index contributed by atoms with van der Waals surface area (Å²) in [6.45, 7) is 1.77. The Hall–Kier alpha value is -3.97. The molecule has 1 unspecified atom stereocenters. The van der Waals surface area contributed by atoms with Crippen LogP contribution >= 0.6 is 0 Å². The summed E-state index contributed by atoms with van der Waals surface area (Å²) < 4.78 is 33.3. The number of nitrogens with one attached hydrogen (secondary N) is 5. The van der Waals surface area contributed by atoms with E-state index in [-0.39, 0.29) is 18.0 Å². The lowest BCUT2D eigenvalue weighted by molar-refractivity contribution is -0.145. The minimum absolute atomic E-state index is 0.00595. The summed E-state index contributed by atoms with van der Waals surface area (Å²) in [6, 6.07) is 11.3. The number of carbonyl (C=O) groups excluding carboxylic acids is 2. The number of esters is 1. The molecule has 0 spiro atoms. The minimum Gasteiger partial charge on any atom is -0.464 e. The number of rotatable bonds is 11. The van der Waals surface area contributed by atoms with Crippen molar-refractivity contribution in [3.63, 3.8) is 0 Å². The maximum atomic E-state index is 12.8. The van der Waals surface area contributed by atoms with E-state index < -0.39 is 27.9 Å². The van der Waals surface area contributed by atoms with Gasteiger partial charge < -0.3 is 20.7 Å². The number of aliphatic imine (C=N–C) groups is 1. The highest BCUT2D eigenvalue weighted by atomic mass is 32.2. The topological polar surface area (TPSA) is 167 Å². The van der Waals surface area contributed by atoms with Gasteiger partial charge >= 0.3 is 5.97 Å². The first-order valence-electron chi connectivity index (χ1n) is 11.4. The highest BCUT2D eigenvalue weighted by Gasteiger charge is 2.27. The molecule has 0 bridgehead atoms. The Morgan fingerprint density at radius 1 is 1.14 bits per heavy atom. The van der Waals surface area contributed by atoms with E-state index in [1.165, 1.54) is 12.1 Å². The van der Waals surface area contributed by atoms with Crippen LogP contribution in [-0.2, 0) is 19.6 Å². The van der Waals surface area contributed by atoms with Crippen LogP contribution in [0.1, 0.15) is 16.8 Å². The van der Waals surface area contributed by atoms with E-state index in [9.17, 15) is 18.0 Å². The second kappa shape index (κ2) is 11.6. The first-order valence-corrected chi connectivity index (χ1v) is 12.9. The quantitative estimate of drug-likeness (QED) is 0.178. The van der Waals surface area contributed by atoms with E-state index in [4.69, 9.17) is 4.74 Å². The zero-order valence-electron chi connectivity index (χ0n) is 19.4. The first-order chi connectivity index (χ1) is 17.4. The lowest BCUT2D eigenvalue weighted by Gasteiger charge is -2.18. The number of ether oxygens (including phenoxy) is 1. The third kappa shape index (κ3) is 6.58. The van der Waals surface area contributed by atoms with Crippen LogP contribution in [0.5, 0.6) is 0 Å². The summed E-state index contributed by atoms with van der Waals surface area (Å²) in [4.78, 5) is 29.7. The van der Waals surface area contributed by atoms with E-state index in [2.05, 4.69) is 35.9 Å². The van der Waals surface area contributed by atoms with Crippen molar-refractivity contribution in [1.82, 2.24) is 30.9 Å². The van der Waals surface area contributed by atoms with Gasteiger partial charge in [-0.1, -0.05) is 18.2 Å². The molecule has 36 heavy (non-hydrogen) atoms. The van der Waals surface area contributed by atoms with Crippen molar-refractivity contribution in [3.05, 3.63) is 60.3 Å². The number of guanidine groups is 1. The van der Waals surface area contributed by atoms with Crippen LogP contribution in [0.4, 0.5) is 0 Å². The van der Waals surface area contributed by atoms with Crippen molar-refractivity contribution in [2.45, 2.75) is 17.4 Å². The number of hydrogen-bond acceptors (Lipinski definition) is 9. The molecule has 12 nitrogen and oxygen atoms in total. The maximum Gasteiger partial charge on any atom is 0.326 e. The number of carbonyl (C=O) groups is 2. The summed E-state index contributed by atoms with van der Waals surface area (Å²) in [5.41, 5.74) is 1.12. The Kier molecular flexibility index (Phi) is 8.13. The summed E-state index contributed by atoms with van der Waals surface area (Å²) in [5.74, 6) is -0.564. The molecule has 1 aromatic heterocycles. The molecule has 0 aliphatic carbocycles. The molecule has 1 aliphatic rings. The van der Waals surface area contributed by atoms with Crippen molar-refractivity contribution in [2.24, 2.45) is 4.99 Å². The Labute approximate surface area is 208 Å². The summed E-state index contributed by atoms with van der Waals surface area (Å²) in [7, 11) is -4.04. The Morgan fingerprint density at radius 2 is 1.97 bits per heavy atom. The van der Waals surface area contributed by atoms with Crippen molar-refractivity contribution in [3.8, 4) is 0 Å². The van der Waals surface area contributed by atoms with Crippen molar-refractivity contribution >= 4 is 38.8 Å². The lowest BCUT2D eigenvalue weighted by atomic mass is 10.1. The highest BCUT2D eigenvalue weighted by Crippen LogP contribution is 2.13. The highest BCUT2D eigenvalue weighted by molar-refractivity contribution is 7.89. The number of sulfonamides is 1. The van der Waals surface area contributed by atoms with Crippen LogP contribution in [0.2, 0.25) is 0 Å². The van der Waals surface area contributed by atoms with E-state index in [1.807, 2.05) is 0 Å². The van der Waals surface area contributed by atoms with Gasteiger partial charge in [0.05, 0.1) is 29.8 Å². The van der Waals surface area contributed by atoms with Gasteiger partial charge in [-0.3, -0.25) is 19.7 Å². The number of fused-ring (bicyclic) bond motifs is 1. The molecule has 5 N–H and O–H groups in total. The average molecular weight is 514 g/mol. The van der Waals surface area contributed by atoms with Gasteiger partial charge in [0, 0.05) is 30.6 Å². The third-order valence-corrected chi connectivity index (χ3v) is 6.82. The molecule has 2 aromatic carbocycles. The summed E-state index contributed by atoms with van der Waals surface area (Å²) >= 11 is 0. The van der Waals surface area contributed by atoms with Gasteiger partial charge in [0.25, 0.3) is 5.91 Å². The fraction of sp³-hybridized carbons (Fsp3) is 0.304. The molecule has 1 amide bonds. The van der Waals surface area contributed by atoms with Gasteiger partial charge in [0.15, 0.2) is 5.96 Å². The molecule has 4 rings (SSSR count). The smallest absolute Gasteiger partial charge is 0.326 e. The van der Waals surface area contributed by atoms with Gasteiger partial charge in [-0.05, 0) is 36.8 Å². The number of aromatic amines is 1. The van der Waals surface area contributed by atoms with Crippen molar-refractivity contribution in [2.75, 3.05) is 32.8 Å². The number of aromatic nitrogens is 2. The Morgan fingerprint density at radius 3 is 2.75 bits per heavy atom. The normalized spacial score (nSPS) is 14.1. The molecule has 0 saturated carbocycles. The average Bonchev–Trinajstić information content (AvgIpc) is 3.58. The molecule has 190 valence electrons. The van der Waals surface area contributed by atoms with Gasteiger partial charge in [-0.25, -0.2) is 8.42 Å². The van der Waals surface area contributed by atoms with Crippen LogP contribution in [0.3, 0.4) is 0 Å². The monoisotopic (exact) mass is 513 g/mol. The molecular weight excluding hydrogens is 486 g/mol. The SMILES string of the molecule is O=C(NCC(NS(=O)(=O)c1ccccc1)C(=O)OCCCNC1=NCCN1)c1ccc2[nH]ncc2c1. The largest absolute Gasteiger partial charge is 0.464 e. The van der Waals surface area contributed by atoms with E-state index in [0.717, 1.165) is 17.4 Å². The molecule has 2 heterocycles. The van der Waals surface area contributed by atoms with Crippen LogP contribution < -0.4 is 20.7 Å². The molecule has 0 saturated heterocycles. The fourth-order valence-electron chi connectivity index (χ4n) is 3.48. The number of amides is 1. The first kappa shape index (κ1) is 25.1. The van der Waals surface area contributed by atoms with Crippen LogP contribution in [0, 0.1) is 0 Å². The van der Waals surface area contributed by atoms with Gasteiger partial charge in [-0.2, -0.15) is 9.82 Å². The van der Waals surface area contributed by atoms with E-state index in [0.29, 0.717) is 31.0 Å². The van der Waals surface area contributed by atoms with E-state index >= 15 is 0 Å². The van der Waals surface area contributed by atoms with E-state index in [1.54, 1.807) is 42.6 Å². The Bertz CT molecular complexity index is 1340. The molecule has 3 aromatic rings. The van der Waals surface area contributed by atoms with Gasteiger partial charge in [0.1, 0.15) is 6.04 Å².